The Kier molecular flexibility index (Phi) is 5.46. The van der Waals surface area contributed by atoms with Gasteiger partial charge in [-0.05, 0) is 51.4 Å². The van der Waals surface area contributed by atoms with Crippen LogP contribution in [0.2, 0.25) is 0 Å². The Morgan fingerprint density at radius 1 is 1.12 bits per heavy atom. The van der Waals surface area contributed by atoms with Gasteiger partial charge in [-0.25, -0.2) is 4.98 Å². The summed E-state index contributed by atoms with van der Waals surface area (Å²) in [5, 5.41) is 4.19. The highest BCUT2D eigenvalue weighted by atomic mass is 16.5. The van der Waals surface area contributed by atoms with E-state index >= 15 is 0 Å². The van der Waals surface area contributed by atoms with Crippen LogP contribution in [0.4, 0.5) is 17.3 Å². The lowest BCUT2D eigenvalue weighted by atomic mass is 9.92. The standard InChI is InChI=1S/C24H30N6O2/c1-16-13-17-15-25-24(27-22(17)30(23(16)31)18-5-4-6-18)26-20-8-7-19(14-21(20)32-3)29-11-9-28(2)10-12-29/h7-8,13-15,18H,4-6,9-12H2,1-3H3,(H,25,26,27). The number of hydrogen-bond acceptors (Lipinski definition) is 7. The summed E-state index contributed by atoms with van der Waals surface area (Å²) in [6, 6.07) is 8.27. The summed E-state index contributed by atoms with van der Waals surface area (Å²) in [5.74, 6) is 1.20. The Hall–Kier alpha value is -3.13. The van der Waals surface area contributed by atoms with Gasteiger partial charge in [-0.3, -0.25) is 9.36 Å². The molecule has 8 heteroatoms. The lowest BCUT2D eigenvalue weighted by Gasteiger charge is -2.34. The third-order valence-electron chi connectivity index (χ3n) is 6.69. The van der Waals surface area contributed by atoms with Crippen LogP contribution in [0.15, 0.2) is 35.3 Å². The fourth-order valence-corrected chi connectivity index (χ4v) is 4.47. The van der Waals surface area contributed by atoms with E-state index in [0.717, 1.165) is 73.5 Å². The molecule has 1 saturated carbocycles. The SMILES string of the molecule is COc1cc(N2CCN(C)CC2)ccc1Nc1ncc2cc(C)c(=O)n(C3CCC3)c2n1. The van der Waals surface area contributed by atoms with Gasteiger partial charge in [0.15, 0.2) is 0 Å². The fraction of sp³-hybridized carbons (Fsp3) is 0.458. The van der Waals surface area contributed by atoms with Crippen molar-refractivity contribution in [2.75, 3.05) is 50.6 Å². The molecule has 2 aromatic heterocycles. The number of pyridine rings is 1. The summed E-state index contributed by atoms with van der Waals surface area (Å²) in [4.78, 5) is 26.8. The van der Waals surface area contributed by atoms with Crippen LogP contribution in [0, 0.1) is 6.92 Å². The zero-order valence-electron chi connectivity index (χ0n) is 19.0. The first-order valence-electron chi connectivity index (χ1n) is 11.3. The second-order valence-electron chi connectivity index (χ2n) is 8.86. The first kappa shape index (κ1) is 20.8. The number of aryl methyl sites for hydroxylation is 1. The molecule has 1 saturated heterocycles. The highest BCUT2D eigenvalue weighted by Crippen LogP contribution is 2.34. The number of methoxy groups -OCH3 is 1. The quantitative estimate of drug-likeness (QED) is 0.660. The number of benzene rings is 1. The number of rotatable bonds is 5. The molecule has 2 fully saturated rings. The van der Waals surface area contributed by atoms with E-state index in [-0.39, 0.29) is 11.6 Å². The van der Waals surface area contributed by atoms with Gasteiger partial charge in [-0.1, -0.05) is 0 Å². The van der Waals surface area contributed by atoms with E-state index in [1.54, 1.807) is 13.3 Å². The molecule has 168 valence electrons. The van der Waals surface area contributed by atoms with Crippen molar-refractivity contribution in [3.8, 4) is 5.75 Å². The van der Waals surface area contributed by atoms with Gasteiger partial charge in [0, 0.05) is 61.1 Å². The lowest BCUT2D eigenvalue weighted by Crippen LogP contribution is -2.44. The van der Waals surface area contributed by atoms with Gasteiger partial charge >= 0.3 is 0 Å². The molecule has 2 aliphatic rings. The first-order chi connectivity index (χ1) is 15.5. The largest absolute Gasteiger partial charge is 0.494 e. The van der Waals surface area contributed by atoms with Crippen molar-refractivity contribution in [1.29, 1.82) is 0 Å². The fourth-order valence-electron chi connectivity index (χ4n) is 4.47. The molecule has 0 amide bonds. The second kappa shape index (κ2) is 8.43. The highest BCUT2D eigenvalue weighted by molar-refractivity contribution is 5.77. The van der Waals surface area contributed by atoms with Crippen LogP contribution in [0.1, 0.15) is 30.9 Å². The number of nitrogens with one attached hydrogen (secondary N) is 1. The number of anilines is 3. The highest BCUT2D eigenvalue weighted by Gasteiger charge is 2.24. The number of likely N-dealkylation sites (N-methyl/N-ethyl adjacent to an activating group) is 1. The smallest absolute Gasteiger partial charge is 0.255 e. The molecule has 3 heterocycles. The van der Waals surface area contributed by atoms with Crippen LogP contribution >= 0.6 is 0 Å². The number of nitrogens with zero attached hydrogens (tertiary/aromatic N) is 5. The minimum Gasteiger partial charge on any atom is -0.494 e. The minimum atomic E-state index is 0.0426. The molecule has 1 N–H and O–H groups in total. The molecule has 0 atom stereocenters. The number of aromatic nitrogens is 3. The van der Waals surface area contributed by atoms with Gasteiger partial charge in [0.2, 0.25) is 5.95 Å². The molecular formula is C24H30N6O2. The predicted molar refractivity (Wildman–Crippen MR) is 127 cm³/mol. The number of ether oxygens (including phenoxy) is 1. The van der Waals surface area contributed by atoms with Crippen molar-refractivity contribution < 1.29 is 4.74 Å². The van der Waals surface area contributed by atoms with E-state index in [9.17, 15) is 4.79 Å². The summed E-state index contributed by atoms with van der Waals surface area (Å²) >= 11 is 0. The van der Waals surface area contributed by atoms with E-state index in [0.29, 0.717) is 11.6 Å². The Morgan fingerprint density at radius 2 is 1.91 bits per heavy atom. The summed E-state index contributed by atoms with van der Waals surface area (Å²) in [6.07, 6.45) is 4.98. The van der Waals surface area contributed by atoms with E-state index < -0.39 is 0 Å². The number of fused-ring (bicyclic) bond motifs is 1. The molecule has 0 bridgehead atoms. The molecule has 5 rings (SSSR count). The molecule has 32 heavy (non-hydrogen) atoms. The van der Waals surface area contributed by atoms with Crippen LogP contribution in [0.5, 0.6) is 5.75 Å². The average molecular weight is 435 g/mol. The Bertz CT molecular complexity index is 1200. The predicted octanol–water partition coefficient (Wildman–Crippen LogP) is 3.33. The van der Waals surface area contributed by atoms with Crippen molar-refractivity contribution >= 4 is 28.4 Å². The van der Waals surface area contributed by atoms with Gasteiger partial charge in [-0.2, -0.15) is 4.98 Å². The molecule has 0 unspecified atom stereocenters. The van der Waals surface area contributed by atoms with Gasteiger partial charge in [0.25, 0.3) is 5.56 Å². The van der Waals surface area contributed by atoms with Crippen LogP contribution in [-0.2, 0) is 0 Å². The second-order valence-corrected chi connectivity index (χ2v) is 8.86. The average Bonchev–Trinajstić information content (AvgIpc) is 2.77. The lowest BCUT2D eigenvalue weighted by molar-refractivity contribution is 0.312. The molecule has 1 aliphatic carbocycles. The van der Waals surface area contributed by atoms with Crippen LogP contribution in [0.25, 0.3) is 11.0 Å². The van der Waals surface area contributed by atoms with E-state index in [2.05, 4.69) is 39.3 Å². The normalized spacial score (nSPS) is 17.4. The Balaban J connectivity index is 1.46. The van der Waals surface area contributed by atoms with Crippen molar-refractivity contribution in [3.05, 3.63) is 46.4 Å². The maximum absolute atomic E-state index is 12.8. The first-order valence-corrected chi connectivity index (χ1v) is 11.3. The van der Waals surface area contributed by atoms with Crippen molar-refractivity contribution in [1.82, 2.24) is 19.4 Å². The zero-order chi connectivity index (χ0) is 22.2. The molecule has 1 aliphatic heterocycles. The molecule has 0 radical (unpaired) electrons. The third-order valence-corrected chi connectivity index (χ3v) is 6.69. The van der Waals surface area contributed by atoms with Crippen molar-refractivity contribution in [2.45, 2.75) is 32.2 Å². The van der Waals surface area contributed by atoms with Crippen LogP contribution < -0.4 is 20.5 Å². The molecule has 0 spiro atoms. The monoisotopic (exact) mass is 434 g/mol. The topological polar surface area (TPSA) is 75.5 Å². The summed E-state index contributed by atoms with van der Waals surface area (Å²) in [6.45, 7) is 5.96. The van der Waals surface area contributed by atoms with Gasteiger partial charge < -0.3 is 19.9 Å². The number of piperazine rings is 1. The van der Waals surface area contributed by atoms with E-state index in [1.807, 2.05) is 23.6 Å². The van der Waals surface area contributed by atoms with Gasteiger partial charge in [0.1, 0.15) is 11.4 Å². The van der Waals surface area contributed by atoms with Crippen LogP contribution in [-0.4, -0.2) is 59.8 Å². The Labute approximate surface area is 187 Å². The van der Waals surface area contributed by atoms with E-state index in [4.69, 9.17) is 9.72 Å². The van der Waals surface area contributed by atoms with Gasteiger partial charge in [0.05, 0.1) is 12.8 Å². The maximum Gasteiger partial charge on any atom is 0.255 e. The van der Waals surface area contributed by atoms with Crippen LogP contribution in [0.3, 0.4) is 0 Å². The van der Waals surface area contributed by atoms with Gasteiger partial charge in [-0.15, -0.1) is 0 Å². The summed E-state index contributed by atoms with van der Waals surface area (Å²) in [5.41, 5.74) is 3.41. The van der Waals surface area contributed by atoms with E-state index in [1.165, 1.54) is 0 Å². The van der Waals surface area contributed by atoms with Crippen molar-refractivity contribution in [2.24, 2.45) is 0 Å². The third kappa shape index (κ3) is 3.79. The molecule has 1 aromatic carbocycles. The minimum absolute atomic E-state index is 0.0426. The maximum atomic E-state index is 12.8. The summed E-state index contributed by atoms with van der Waals surface area (Å²) in [7, 11) is 3.83. The number of hydrogen-bond donors (Lipinski definition) is 1. The summed E-state index contributed by atoms with van der Waals surface area (Å²) < 4.78 is 7.53. The molecule has 3 aromatic rings. The van der Waals surface area contributed by atoms with Crippen molar-refractivity contribution in [3.63, 3.8) is 0 Å². The Morgan fingerprint density at radius 3 is 2.59 bits per heavy atom. The zero-order valence-corrected chi connectivity index (χ0v) is 19.0. The molecular weight excluding hydrogens is 404 g/mol. The molecule has 8 nitrogen and oxygen atoms in total.